The number of rotatable bonds is 4. The molecule has 0 aliphatic carbocycles. The summed E-state index contributed by atoms with van der Waals surface area (Å²) in [7, 11) is 0. The molecule has 0 radical (unpaired) electrons. The van der Waals surface area contributed by atoms with E-state index in [0.717, 1.165) is 62.0 Å². The lowest BCUT2D eigenvalue weighted by Crippen LogP contribution is -2.46. The van der Waals surface area contributed by atoms with Crippen LogP contribution in [0.25, 0.3) is 0 Å². The van der Waals surface area contributed by atoms with Gasteiger partial charge in [-0.15, -0.1) is 0 Å². The molecule has 5 nitrogen and oxygen atoms in total. The molecule has 2 fully saturated rings. The summed E-state index contributed by atoms with van der Waals surface area (Å²) in [6, 6.07) is 6.00. The monoisotopic (exact) mass is 343 g/mol. The Balaban J connectivity index is 1.56. The summed E-state index contributed by atoms with van der Waals surface area (Å²) in [5, 5.41) is 6.30. The van der Waals surface area contributed by atoms with Crippen LogP contribution >= 0.6 is 0 Å². The van der Waals surface area contributed by atoms with Gasteiger partial charge in [-0.25, -0.2) is 0 Å². The van der Waals surface area contributed by atoms with Crippen molar-refractivity contribution in [3.8, 4) is 0 Å². The molecule has 1 aromatic carbocycles. The number of piperidine rings is 1. The predicted octanol–water partition coefficient (Wildman–Crippen LogP) is 2.02. The molecule has 2 saturated heterocycles. The summed E-state index contributed by atoms with van der Waals surface area (Å²) in [5.41, 5.74) is 2.94. The molecular weight excluding hydrogens is 314 g/mol. The Morgan fingerprint density at radius 2 is 2.08 bits per heavy atom. The van der Waals surface area contributed by atoms with Crippen molar-refractivity contribution in [2.75, 3.05) is 26.2 Å². The van der Waals surface area contributed by atoms with Gasteiger partial charge in [0.1, 0.15) is 0 Å². The predicted molar refractivity (Wildman–Crippen MR) is 98.6 cm³/mol. The number of benzene rings is 1. The van der Waals surface area contributed by atoms with Crippen molar-refractivity contribution < 1.29 is 9.59 Å². The van der Waals surface area contributed by atoms with Gasteiger partial charge >= 0.3 is 0 Å². The van der Waals surface area contributed by atoms with E-state index in [-0.39, 0.29) is 17.9 Å². The van der Waals surface area contributed by atoms with Crippen LogP contribution < -0.4 is 10.6 Å². The molecule has 2 aliphatic heterocycles. The van der Waals surface area contributed by atoms with E-state index >= 15 is 0 Å². The maximum Gasteiger partial charge on any atom is 0.254 e. The highest BCUT2D eigenvalue weighted by Gasteiger charge is 2.27. The molecule has 2 heterocycles. The minimum Gasteiger partial charge on any atom is -0.354 e. The first kappa shape index (κ1) is 17.9. The van der Waals surface area contributed by atoms with Crippen LogP contribution in [0.4, 0.5) is 0 Å². The van der Waals surface area contributed by atoms with Crippen LogP contribution in [-0.2, 0) is 4.79 Å². The Morgan fingerprint density at radius 1 is 1.24 bits per heavy atom. The molecule has 2 amide bonds. The van der Waals surface area contributed by atoms with Gasteiger partial charge in [0.2, 0.25) is 5.91 Å². The van der Waals surface area contributed by atoms with Crippen LogP contribution in [0.5, 0.6) is 0 Å². The zero-order valence-corrected chi connectivity index (χ0v) is 15.3. The molecule has 2 N–H and O–H groups in total. The number of carbonyl (C=O) groups excluding carboxylic acids is 2. The van der Waals surface area contributed by atoms with E-state index in [0.29, 0.717) is 12.5 Å². The van der Waals surface area contributed by atoms with Crippen molar-refractivity contribution in [2.45, 2.75) is 45.6 Å². The minimum atomic E-state index is -0.0312. The smallest absolute Gasteiger partial charge is 0.254 e. The number of hydrogen-bond donors (Lipinski definition) is 2. The van der Waals surface area contributed by atoms with E-state index < -0.39 is 0 Å². The number of likely N-dealkylation sites (tertiary alicyclic amines) is 1. The van der Waals surface area contributed by atoms with Crippen molar-refractivity contribution in [3.05, 3.63) is 34.9 Å². The lowest BCUT2D eigenvalue weighted by Gasteiger charge is -2.33. The summed E-state index contributed by atoms with van der Waals surface area (Å²) >= 11 is 0. The van der Waals surface area contributed by atoms with E-state index in [2.05, 4.69) is 10.6 Å². The fourth-order valence-corrected chi connectivity index (χ4v) is 3.83. The van der Waals surface area contributed by atoms with Gasteiger partial charge < -0.3 is 15.5 Å². The normalized spacial score (nSPS) is 23.5. The number of nitrogens with one attached hydrogen (secondary N) is 2. The number of amides is 2. The standard InChI is InChI=1S/C20H29N3O2/c1-14-7-8-15(2)17(11-14)20(25)23-10-4-5-16(13-23)12-22-19(24)18-6-3-9-21-18/h7-8,11,16,18,21H,3-6,9-10,12-13H2,1-2H3,(H,22,24). The number of carbonyl (C=O) groups is 2. The molecule has 25 heavy (non-hydrogen) atoms. The highest BCUT2D eigenvalue weighted by Crippen LogP contribution is 2.20. The van der Waals surface area contributed by atoms with Gasteiger partial charge in [-0.1, -0.05) is 17.7 Å². The molecule has 0 bridgehead atoms. The van der Waals surface area contributed by atoms with Gasteiger partial charge in [0.25, 0.3) is 5.91 Å². The van der Waals surface area contributed by atoms with Crippen molar-refractivity contribution in [2.24, 2.45) is 5.92 Å². The topological polar surface area (TPSA) is 61.4 Å². The number of nitrogens with zero attached hydrogens (tertiary/aromatic N) is 1. The minimum absolute atomic E-state index is 0.0312. The first-order valence-electron chi connectivity index (χ1n) is 9.42. The molecule has 0 saturated carbocycles. The summed E-state index contributed by atoms with van der Waals surface area (Å²) in [6.07, 6.45) is 4.06. The van der Waals surface area contributed by atoms with Crippen LogP contribution in [0.3, 0.4) is 0 Å². The fourth-order valence-electron chi connectivity index (χ4n) is 3.83. The van der Waals surface area contributed by atoms with Crippen molar-refractivity contribution in [3.63, 3.8) is 0 Å². The zero-order valence-electron chi connectivity index (χ0n) is 15.3. The Hall–Kier alpha value is -1.88. The molecule has 5 heteroatoms. The molecule has 2 unspecified atom stereocenters. The Kier molecular flexibility index (Phi) is 5.74. The summed E-state index contributed by atoms with van der Waals surface area (Å²) < 4.78 is 0. The zero-order chi connectivity index (χ0) is 17.8. The van der Waals surface area contributed by atoms with Crippen LogP contribution in [-0.4, -0.2) is 48.9 Å². The molecular formula is C20H29N3O2. The Morgan fingerprint density at radius 3 is 2.84 bits per heavy atom. The van der Waals surface area contributed by atoms with Gasteiger partial charge in [0.15, 0.2) is 0 Å². The first-order chi connectivity index (χ1) is 12.0. The van der Waals surface area contributed by atoms with Gasteiger partial charge in [-0.05, 0) is 63.6 Å². The molecule has 136 valence electrons. The molecule has 3 rings (SSSR count). The van der Waals surface area contributed by atoms with Crippen molar-refractivity contribution >= 4 is 11.8 Å². The summed E-state index contributed by atoms with van der Waals surface area (Å²) in [4.78, 5) is 27.0. The van der Waals surface area contributed by atoms with Gasteiger partial charge in [0, 0.05) is 25.2 Å². The first-order valence-corrected chi connectivity index (χ1v) is 9.42. The average molecular weight is 343 g/mol. The molecule has 2 atom stereocenters. The van der Waals surface area contributed by atoms with Crippen LogP contribution in [0.2, 0.25) is 0 Å². The second-order valence-electron chi connectivity index (χ2n) is 7.47. The third-order valence-corrected chi connectivity index (χ3v) is 5.37. The highest BCUT2D eigenvalue weighted by molar-refractivity contribution is 5.96. The number of aryl methyl sites for hydroxylation is 2. The fraction of sp³-hybridized carbons (Fsp3) is 0.600. The van der Waals surface area contributed by atoms with E-state index in [1.165, 1.54) is 0 Å². The second kappa shape index (κ2) is 8.00. The number of hydrogen-bond acceptors (Lipinski definition) is 3. The molecule has 2 aliphatic rings. The SMILES string of the molecule is Cc1ccc(C)c(C(=O)N2CCCC(CNC(=O)C3CCCN3)C2)c1. The van der Waals surface area contributed by atoms with E-state index in [1.54, 1.807) is 0 Å². The maximum atomic E-state index is 12.9. The summed E-state index contributed by atoms with van der Waals surface area (Å²) in [6.45, 7) is 7.13. The largest absolute Gasteiger partial charge is 0.354 e. The molecule has 1 aromatic rings. The van der Waals surface area contributed by atoms with Crippen LogP contribution in [0.15, 0.2) is 18.2 Å². The van der Waals surface area contributed by atoms with Crippen LogP contribution in [0, 0.1) is 19.8 Å². The maximum absolute atomic E-state index is 12.9. The molecule has 0 aromatic heterocycles. The highest BCUT2D eigenvalue weighted by atomic mass is 16.2. The van der Waals surface area contributed by atoms with Gasteiger partial charge in [0.05, 0.1) is 6.04 Å². The third-order valence-electron chi connectivity index (χ3n) is 5.37. The van der Waals surface area contributed by atoms with Gasteiger partial charge in [-0.3, -0.25) is 9.59 Å². The van der Waals surface area contributed by atoms with Crippen LogP contribution in [0.1, 0.15) is 47.2 Å². The van der Waals surface area contributed by atoms with E-state index in [9.17, 15) is 9.59 Å². The van der Waals surface area contributed by atoms with Crippen molar-refractivity contribution in [1.82, 2.24) is 15.5 Å². The Bertz CT molecular complexity index is 638. The Labute approximate surface area is 150 Å². The summed E-state index contributed by atoms with van der Waals surface area (Å²) in [5.74, 6) is 0.568. The lowest BCUT2D eigenvalue weighted by molar-refractivity contribution is -0.123. The van der Waals surface area contributed by atoms with Gasteiger partial charge in [-0.2, -0.15) is 0 Å². The second-order valence-corrected chi connectivity index (χ2v) is 7.47. The quantitative estimate of drug-likeness (QED) is 0.879. The lowest BCUT2D eigenvalue weighted by atomic mass is 9.96. The van der Waals surface area contributed by atoms with E-state index in [4.69, 9.17) is 0 Å². The van der Waals surface area contributed by atoms with E-state index in [1.807, 2.05) is 36.9 Å². The third kappa shape index (κ3) is 4.40. The molecule has 0 spiro atoms. The average Bonchev–Trinajstić information content (AvgIpc) is 3.16. The van der Waals surface area contributed by atoms with Crippen molar-refractivity contribution in [1.29, 1.82) is 0 Å².